The molecule has 0 aliphatic heterocycles. The summed E-state index contributed by atoms with van der Waals surface area (Å²) in [6.07, 6.45) is 1.38. The third-order valence-corrected chi connectivity index (χ3v) is 6.01. The second kappa shape index (κ2) is 12.4. The van der Waals surface area contributed by atoms with Gasteiger partial charge in [-0.05, 0) is 41.3 Å². The summed E-state index contributed by atoms with van der Waals surface area (Å²) in [6.45, 7) is 2.79. The predicted octanol–water partition coefficient (Wildman–Crippen LogP) is 5.70. The Morgan fingerprint density at radius 1 is 0.879 bits per heavy atom. The van der Waals surface area contributed by atoms with E-state index in [1.807, 2.05) is 67.6 Å². The summed E-state index contributed by atoms with van der Waals surface area (Å²) in [5.74, 6) is -0.318. The first-order chi connectivity index (χ1) is 16.0. The summed E-state index contributed by atoms with van der Waals surface area (Å²) in [5.41, 5.74) is 2.61. The van der Waals surface area contributed by atoms with E-state index in [0.717, 1.165) is 23.1 Å². The van der Waals surface area contributed by atoms with E-state index < -0.39 is 6.04 Å². The van der Waals surface area contributed by atoms with E-state index in [1.54, 1.807) is 23.1 Å². The van der Waals surface area contributed by atoms with Crippen LogP contribution in [0, 0.1) is 0 Å². The molecular formula is C27H28Cl2N2O2. The van der Waals surface area contributed by atoms with Gasteiger partial charge in [0.05, 0.1) is 6.42 Å². The monoisotopic (exact) mass is 482 g/mol. The van der Waals surface area contributed by atoms with E-state index in [0.29, 0.717) is 23.0 Å². The summed E-state index contributed by atoms with van der Waals surface area (Å²) in [7, 11) is 0. The molecule has 0 saturated heterocycles. The molecule has 0 saturated carbocycles. The number of benzene rings is 3. The number of rotatable bonds is 10. The molecule has 4 nitrogen and oxygen atoms in total. The van der Waals surface area contributed by atoms with Crippen molar-refractivity contribution in [2.45, 2.75) is 38.8 Å². The van der Waals surface area contributed by atoms with Crippen molar-refractivity contribution in [2.24, 2.45) is 0 Å². The van der Waals surface area contributed by atoms with Crippen molar-refractivity contribution in [1.29, 1.82) is 0 Å². The Balaban J connectivity index is 1.95. The van der Waals surface area contributed by atoms with Gasteiger partial charge in [-0.3, -0.25) is 9.59 Å². The molecule has 0 unspecified atom stereocenters. The molecule has 0 fully saturated rings. The molecule has 33 heavy (non-hydrogen) atoms. The van der Waals surface area contributed by atoms with Crippen molar-refractivity contribution < 1.29 is 9.59 Å². The number of carbonyl (C=O) groups is 2. The van der Waals surface area contributed by atoms with Crippen molar-refractivity contribution in [3.63, 3.8) is 0 Å². The number of carbonyl (C=O) groups excluding carboxylic acids is 2. The first-order valence-electron chi connectivity index (χ1n) is 11.1. The minimum Gasteiger partial charge on any atom is -0.354 e. The lowest BCUT2D eigenvalue weighted by molar-refractivity contribution is -0.140. The minimum atomic E-state index is -0.671. The number of nitrogens with zero attached hydrogens (tertiary/aromatic N) is 1. The maximum atomic E-state index is 13.6. The van der Waals surface area contributed by atoms with Gasteiger partial charge in [-0.2, -0.15) is 0 Å². The van der Waals surface area contributed by atoms with E-state index in [1.165, 1.54) is 0 Å². The van der Waals surface area contributed by atoms with Crippen LogP contribution in [0.25, 0.3) is 0 Å². The largest absolute Gasteiger partial charge is 0.354 e. The molecule has 0 aromatic heterocycles. The quantitative estimate of drug-likeness (QED) is 0.402. The smallest absolute Gasteiger partial charge is 0.243 e. The van der Waals surface area contributed by atoms with Crippen molar-refractivity contribution in [1.82, 2.24) is 10.2 Å². The van der Waals surface area contributed by atoms with E-state index in [4.69, 9.17) is 23.2 Å². The molecule has 6 heteroatoms. The lowest BCUT2D eigenvalue weighted by Gasteiger charge is -2.32. The Hall–Kier alpha value is -2.82. The van der Waals surface area contributed by atoms with Crippen molar-refractivity contribution in [2.75, 3.05) is 6.54 Å². The third kappa shape index (κ3) is 7.34. The minimum absolute atomic E-state index is 0.148. The summed E-state index contributed by atoms with van der Waals surface area (Å²) < 4.78 is 0. The van der Waals surface area contributed by atoms with Gasteiger partial charge < -0.3 is 10.2 Å². The standard InChI is InChI=1S/C27H28Cl2N2O2/c1-2-16-30-27(33)25(17-20-8-4-3-5-9-20)31(19-22-10-6-7-11-24(22)29)26(32)18-21-12-14-23(28)15-13-21/h3-15,25H,2,16-19H2,1H3,(H,30,33)/t25-/m1/s1. The van der Waals surface area contributed by atoms with Crippen molar-refractivity contribution >= 4 is 35.0 Å². The van der Waals surface area contributed by atoms with E-state index in [-0.39, 0.29) is 24.8 Å². The first-order valence-corrected chi connectivity index (χ1v) is 11.8. The highest BCUT2D eigenvalue weighted by atomic mass is 35.5. The van der Waals surface area contributed by atoms with E-state index in [2.05, 4.69) is 5.32 Å². The summed E-state index contributed by atoms with van der Waals surface area (Å²) in [5, 5.41) is 4.15. The maximum Gasteiger partial charge on any atom is 0.243 e. The van der Waals surface area contributed by atoms with Gasteiger partial charge in [0.2, 0.25) is 11.8 Å². The van der Waals surface area contributed by atoms with Crippen LogP contribution in [-0.4, -0.2) is 29.3 Å². The van der Waals surface area contributed by atoms with Crippen LogP contribution in [0.15, 0.2) is 78.9 Å². The Labute approximate surface area is 205 Å². The Kier molecular flexibility index (Phi) is 9.35. The van der Waals surface area contributed by atoms with Gasteiger partial charge in [-0.15, -0.1) is 0 Å². The molecule has 0 aliphatic rings. The Morgan fingerprint density at radius 2 is 1.55 bits per heavy atom. The molecule has 3 aromatic rings. The highest BCUT2D eigenvalue weighted by Crippen LogP contribution is 2.21. The zero-order chi connectivity index (χ0) is 23.6. The fourth-order valence-electron chi connectivity index (χ4n) is 3.61. The highest BCUT2D eigenvalue weighted by molar-refractivity contribution is 6.31. The van der Waals surface area contributed by atoms with Crippen LogP contribution in [0.4, 0.5) is 0 Å². The summed E-state index contributed by atoms with van der Waals surface area (Å²) in [4.78, 5) is 28.5. The van der Waals surface area contributed by atoms with E-state index >= 15 is 0 Å². The van der Waals surface area contributed by atoms with Crippen LogP contribution in [0.5, 0.6) is 0 Å². The number of nitrogens with one attached hydrogen (secondary N) is 1. The second-order valence-corrected chi connectivity index (χ2v) is 8.76. The van der Waals surface area contributed by atoms with Crippen molar-refractivity contribution in [3.05, 3.63) is 106 Å². The van der Waals surface area contributed by atoms with Crippen LogP contribution in [0.1, 0.15) is 30.0 Å². The van der Waals surface area contributed by atoms with Gasteiger partial charge in [-0.25, -0.2) is 0 Å². The van der Waals surface area contributed by atoms with Gasteiger partial charge in [0.15, 0.2) is 0 Å². The van der Waals surface area contributed by atoms with Gasteiger partial charge in [0.1, 0.15) is 6.04 Å². The topological polar surface area (TPSA) is 49.4 Å². The zero-order valence-electron chi connectivity index (χ0n) is 18.6. The second-order valence-electron chi connectivity index (χ2n) is 7.91. The summed E-state index contributed by atoms with van der Waals surface area (Å²) >= 11 is 12.4. The number of hydrogen-bond acceptors (Lipinski definition) is 2. The normalized spacial score (nSPS) is 11.6. The van der Waals surface area contributed by atoms with Gasteiger partial charge >= 0.3 is 0 Å². The fourth-order valence-corrected chi connectivity index (χ4v) is 3.93. The van der Waals surface area contributed by atoms with Crippen LogP contribution < -0.4 is 5.32 Å². The van der Waals surface area contributed by atoms with Crippen LogP contribution >= 0.6 is 23.2 Å². The average molecular weight is 483 g/mol. The number of halogens is 2. The lowest BCUT2D eigenvalue weighted by Crippen LogP contribution is -2.51. The van der Waals surface area contributed by atoms with Gasteiger partial charge in [0, 0.05) is 29.6 Å². The maximum absolute atomic E-state index is 13.6. The van der Waals surface area contributed by atoms with Crippen LogP contribution in [-0.2, 0) is 29.0 Å². The molecule has 0 spiro atoms. The van der Waals surface area contributed by atoms with E-state index in [9.17, 15) is 9.59 Å². The average Bonchev–Trinajstić information content (AvgIpc) is 2.83. The highest BCUT2D eigenvalue weighted by Gasteiger charge is 2.30. The molecule has 0 aliphatic carbocycles. The molecule has 1 atom stereocenters. The van der Waals surface area contributed by atoms with Gasteiger partial charge in [-0.1, -0.05) is 90.8 Å². The number of amides is 2. The molecule has 2 amide bonds. The number of hydrogen-bond donors (Lipinski definition) is 1. The van der Waals surface area contributed by atoms with Crippen molar-refractivity contribution in [3.8, 4) is 0 Å². The predicted molar refractivity (Wildman–Crippen MR) is 134 cm³/mol. The summed E-state index contributed by atoms with van der Waals surface area (Å²) in [6, 6.07) is 23.7. The molecule has 0 bridgehead atoms. The zero-order valence-corrected chi connectivity index (χ0v) is 20.1. The Morgan fingerprint density at radius 3 is 2.21 bits per heavy atom. The molecule has 3 rings (SSSR count). The SMILES string of the molecule is CCCNC(=O)[C@@H](Cc1ccccc1)N(Cc1ccccc1Cl)C(=O)Cc1ccc(Cl)cc1. The molecule has 0 heterocycles. The third-order valence-electron chi connectivity index (χ3n) is 5.39. The van der Waals surface area contributed by atoms with Crippen LogP contribution in [0.2, 0.25) is 10.0 Å². The molecule has 1 N–H and O–H groups in total. The molecule has 172 valence electrons. The molecule has 3 aromatic carbocycles. The fraction of sp³-hybridized carbons (Fsp3) is 0.259. The first kappa shape index (κ1) is 24.8. The lowest BCUT2D eigenvalue weighted by atomic mass is 10.0. The molecular weight excluding hydrogens is 455 g/mol. The Bertz CT molecular complexity index is 1060. The van der Waals surface area contributed by atoms with Gasteiger partial charge in [0.25, 0.3) is 0 Å². The van der Waals surface area contributed by atoms with Crippen LogP contribution in [0.3, 0.4) is 0 Å². The molecule has 0 radical (unpaired) electrons.